The molecule has 21 heavy (non-hydrogen) atoms. The third-order valence-corrected chi connectivity index (χ3v) is 4.14. The lowest BCUT2D eigenvalue weighted by molar-refractivity contribution is -0.0363. The molecule has 1 aliphatic carbocycles. The molecule has 1 aliphatic rings. The van der Waals surface area contributed by atoms with Gasteiger partial charge in [-0.15, -0.1) is 0 Å². The molecule has 1 aromatic rings. The molecule has 2 N–H and O–H groups in total. The zero-order valence-corrected chi connectivity index (χ0v) is 12.2. The van der Waals surface area contributed by atoms with Crippen LogP contribution in [-0.4, -0.2) is 36.2 Å². The molecule has 0 spiro atoms. The number of carboxylic acid groups (broad SMARTS) is 1. The fraction of sp³-hybridized carbons (Fsp3) is 0.500. The van der Waals surface area contributed by atoms with E-state index in [1.165, 1.54) is 18.6 Å². The summed E-state index contributed by atoms with van der Waals surface area (Å²) in [7, 11) is 1.68. The van der Waals surface area contributed by atoms with Crippen molar-refractivity contribution in [2.75, 3.05) is 13.7 Å². The first-order valence-corrected chi connectivity index (χ1v) is 7.23. The Kier molecular flexibility index (Phi) is 4.96. The van der Waals surface area contributed by atoms with Crippen molar-refractivity contribution in [1.29, 1.82) is 0 Å². The fourth-order valence-electron chi connectivity index (χ4n) is 2.79. The second-order valence-corrected chi connectivity index (χ2v) is 5.52. The number of rotatable bonds is 5. The van der Waals surface area contributed by atoms with E-state index in [2.05, 4.69) is 5.32 Å². The first-order valence-electron chi connectivity index (χ1n) is 7.23. The van der Waals surface area contributed by atoms with Crippen LogP contribution in [0.1, 0.15) is 52.8 Å². The summed E-state index contributed by atoms with van der Waals surface area (Å²) in [5.74, 6) is -1.30. The summed E-state index contributed by atoms with van der Waals surface area (Å²) in [6.45, 7) is 0.458. The highest BCUT2D eigenvalue weighted by atomic mass is 16.5. The van der Waals surface area contributed by atoms with Gasteiger partial charge in [0.15, 0.2) is 0 Å². The van der Waals surface area contributed by atoms with E-state index >= 15 is 0 Å². The van der Waals surface area contributed by atoms with Crippen LogP contribution in [0.3, 0.4) is 0 Å². The summed E-state index contributed by atoms with van der Waals surface area (Å²) in [5, 5.41) is 11.8. The number of nitrogens with one attached hydrogen (secondary N) is 1. The average molecular weight is 291 g/mol. The zero-order valence-electron chi connectivity index (χ0n) is 12.2. The van der Waals surface area contributed by atoms with Crippen LogP contribution in [0.4, 0.5) is 0 Å². The van der Waals surface area contributed by atoms with Crippen LogP contribution in [0.25, 0.3) is 0 Å². The minimum absolute atomic E-state index is 0.113. The molecule has 0 radical (unpaired) electrons. The van der Waals surface area contributed by atoms with E-state index in [0.29, 0.717) is 12.1 Å². The number of hydrogen-bond donors (Lipinski definition) is 2. The fourth-order valence-corrected chi connectivity index (χ4v) is 2.79. The molecule has 0 bridgehead atoms. The Morgan fingerprint density at radius 1 is 1.24 bits per heavy atom. The topological polar surface area (TPSA) is 75.6 Å². The quantitative estimate of drug-likeness (QED) is 0.873. The SMILES string of the molecule is COC1(CNC(=O)c2cccc(C(=O)O)c2)CCCCC1. The number of methoxy groups -OCH3 is 1. The number of ether oxygens (including phenoxy) is 1. The van der Waals surface area contributed by atoms with E-state index in [9.17, 15) is 9.59 Å². The highest BCUT2D eigenvalue weighted by Crippen LogP contribution is 2.30. The minimum Gasteiger partial charge on any atom is -0.478 e. The molecule has 5 nitrogen and oxygen atoms in total. The molecule has 0 saturated heterocycles. The number of hydrogen-bond acceptors (Lipinski definition) is 3. The Labute approximate surface area is 124 Å². The van der Waals surface area contributed by atoms with Crippen molar-refractivity contribution in [1.82, 2.24) is 5.32 Å². The molecular formula is C16H21NO4. The molecule has 0 atom stereocenters. The smallest absolute Gasteiger partial charge is 0.335 e. The van der Waals surface area contributed by atoms with Crippen LogP contribution in [0, 0.1) is 0 Å². The van der Waals surface area contributed by atoms with Gasteiger partial charge < -0.3 is 15.2 Å². The molecule has 0 heterocycles. The van der Waals surface area contributed by atoms with Gasteiger partial charge in [0.05, 0.1) is 11.2 Å². The van der Waals surface area contributed by atoms with E-state index in [1.54, 1.807) is 19.2 Å². The molecule has 1 aromatic carbocycles. The van der Waals surface area contributed by atoms with Gasteiger partial charge in [0, 0.05) is 19.2 Å². The van der Waals surface area contributed by atoms with Crippen molar-refractivity contribution in [2.45, 2.75) is 37.7 Å². The van der Waals surface area contributed by atoms with E-state index in [1.807, 2.05) is 0 Å². The Morgan fingerprint density at radius 3 is 2.52 bits per heavy atom. The van der Waals surface area contributed by atoms with Crippen LogP contribution in [0.5, 0.6) is 0 Å². The molecular weight excluding hydrogens is 270 g/mol. The molecule has 2 rings (SSSR count). The van der Waals surface area contributed by atoms with Crippen LogP contribution in [0.2, 0.25) is 0 Å². The maximum atomic E-state index is 12.2. The van der Waals surface area contributed by atoms with Gasteiger partial charge in [-0.2, -0.15) is 0 Å². The molecule has 114 valence electrons. The number of carbonyl (C=O) groups is 2. The van der Waals surface area contributed by atoms with Crippen molar-refractivity contribution < 1.29 is 19.4 Å². The largest absolute Gasteiger partial charge is 0.478 e. The van der Waals surface area contributed by atoms with Crippen LogP contribution in [-0.2, 0) is 4.74 Å². The Morgan fingerprint density at radius 2 is 1.90 bits per heavy atom. The standard InChI is InChI=1S/C16H21NO4/c1-21-16(8-3-2-4-9-16)11-17-14(18)12-6-5-7-13(10-12)15(19)20/h5-7,10H,2-4,8-9,11H2,1H3,(H,17,18)(H,19,20). The molecule has 1 saturated carbocycles. The summed E-state index contributed by atoms with van der Waals surface area (Å²) >= 11 is 0. The van der Waals surface area contributed by atoms with E-state index in [-0.39, 0.29) is 17.1 Å². The molecule has 1 amide bonds. The van der Waals surface area contributed by atoms with Gasteiger partial charge in [-0.3, -0.25) is 4.79 Å². The van der Waals surface area contributed by atoms with Gasteiger partial charge in [0.25, 0.3) is 5.91 Å². The second kappa shape index (κ2) is 6.72. The van der Waals surface area contributed by atoms with Crippen molar-refractivity contribution >= 4 is 11.9 Å². The summed E-state index contributed by atoms with van der Waals surface area (Å²) in [6, 6.07) is 6.04. The predicted octanol–water partition coefficient (Wildman–Crippen LogP) is 2.46. The second-order valence-electron chi connectivity index (χ2n) is 5.52. The number of benzene rings is 1. The Bertz CT molecular complexity index is 521. The van der Waals surface area contributed by atoms with Gasteiger partial charge in [-0.25, -0.2) is 4.79 Å². The van der Waals surface area contributed by atoms with E-state index < -0.39 is 5.97 Å². The highest BCUT2D eigenvalue weighted by Gasteiger charge is 2.32. The first kappa shape index (κ1) is 15.5. The lowest BCUT2D eigenvalue weighted by Gasteiger charge is -2.36. The van der Waals surface area contributed by atoms with Gasteiger partial charge in [-0.05, 0) is 31.0 Å². The predicted molar refractivity (Wildman–Crippen MR) is 78.6 cm³/mol. The zero-order chi connectivity index (χ0) is 15.3. The molecule has 0 aliphatic heterocycles. The minimum atomic E-state index is -1.04. The van der Waals surface area contributed by atoms with Gasteiger partial charge in [0.2, 0.25) is 0 Å². The van der Waals surface area contributed by atoms with Crippen molar-refractivity contribution in [2.24, 2.45) is 0 Å². The summed E-state index contributed by atoms with van der Waals surface area (Å²) in [5.41, 5.74) is 0.192. The maximum absolute atomic E-state index is 12.2. The molecule has 0 unspecified atom stereocenters. The summed E-state index contributed by atoms with van der Waals surface area (Å²) in [4.78, 5) is 23.1. The van der Waals surface area contributed by atoms with E-state index in [4.69, 9.17) is 9.84 Å². The van der Waals surface area contributed by atoms with Crippen LogP contribution in [0.15, 0.2) is 24.3 Å². The first-order chi connectivity index (χ1) is 10.1. The van der Waals surface area contributed by atoms with Crippen LogP contribution >= 0.6 is 0 Å². The number of amides is 1. The van der Waals surface area contributed by atoms with E-state index in [0.717, 1.165) is 25.7 Å². The van der Waals surface area contributed by atoms with Gasteiger partial charge >= 0.3 is 5.97 Å². The van der Waals surface area contributed by atoms with Gasteiger partial charge in [0.1, 0.15) is 0 Å². The Balaban J connectivity index is 2.01. The number of carboxylic acids is 1. The summed E-state index contributed by atoms with van der Waals surface area (Å²) < 4.78 is 5.62. The average Bonchev–Trinajstić information content (AvgIpc) is 2.53. The molecule has 0 aromatic heterocycles. The van der Waals surface area contributed by atoms with Crippen molar-refractivity contribution in [3.63, 3.8) is 0 Å². The monoisotopic (exact) mass is 291 g/mol. The van der Waals surface area contributed by atoms with Crippen molar-refractivity contribution in [3.05, 3.63) is 35.4 Å². The third-order valence-electron chi connectivity index (χ3n) is 4.14. The number of carbonyl (C=O) groups excluding carboxylic acids is 1. The highest BCUT2D eigenvalue weighted by molar-refractivity contribution is 5.97. The lowest BCUT2D eigenvalue weighted by atomic mass is 9.84. The maximum Gasteiger partial charge on any atom is 0.335 e. The van der Waals surface area contributed by atoms with Crippen molar-refractivity contribution in [3.8, 4) is 0 Å². The Hall–Kier alpha value is -1.88. The molecule has 1 fully saturated rings. The summed E-state index contributed by atoms with van der Waals surface area (Å²) in [6.07, 6.45) is 5.31. The van der Waals surface area contributed by atoms with Gasteiger partial charge in [-0.1, -0.05) is 25.3 Å². The lowest BCUT2D eigenvalue weighted by Crippen LogP contribution is -2.45. The number of aromatic carboxylic acids is 1. The third kappa shape index (κ3) is 3.82. The van der Waals surface area contributed by atoms with Crippen LogP contribution < -0.4 is 5.32 Å². The normalized spacial score (nSPS) is 17.2. The molecule has 5 heteroatoms.